The van der Waals surface area contributed by atoms with Crippen molar-refractivity contribution in [2.24, 2.45) is 0 Å². The van der Waals surface area contributed by atoms with Crippen LogP contribution < -0.4 is 14.8 Å². The molecular weight excluding hydrogens is 270 g/mol. The minimum absolute atomic E-state index is 0.0373. The van der Waals surface area contributed by atoms with Gasteiger partial charge < -0.3 is 19.2 Å². The molecule has 5 heteroatoms. The van der Waals surface area contributed by atoms with E-state index in [4.69, 9.17) is 13.9 Å². The van der Waals surface area contributed by atoms with Crippen LogP contribution in [-0.4, -0.2) is 26.2 Å². The number of hydrogen-bond acceptors (Lipinski definition) is 4. The van der Waals surface area contributed by atoms with E-state index in [-0.39, 0.29) is 11.9 Å². The van der Waals surface area contributed by atoms with Crippen molar-refractivity contribution in [1.82, 2.24) is 5.32 Å². The second kappa shape index (κ2) is 6.83. The Bertz CT molecular complexity index is 570. The van der Waals surface area contributed by atoms with Gasteiger partial charge in [-0.3, -0.25) is 4.79 Å². The first-order valence-corrected chi connectivity index (χ1v) is 6.68. The number of methoxy groups -OCH3 is 2. The van der Waals surface area contributed by atoms with Crippen LogP contribution in [0.3, 0.4) is 0 Å². The predicted octanol–water partition coefficient (Wildman–Crippen LogP) is 2.66. The fourth-order valence-electron chi connectivity index (χ4n) is 2.18. The van der Waals surface area contributed by atoms with Gasteiger partial charge in [0.05, 0.1) is 26.7 Å². The van der Waals surface area contributed by atoms with E-state index in [1.54, 1.807) is 30.7 Å². The summed E-state index contributed by atoms with van der Waals surface area (Å²) >= 11 is 0. The summed E-state index contributed by atoms with van der Waals surface area (Å²) in [6.07, 6.45) is 3.99. The number of hydrogen-bond donors (Lipinski definition) is 1. The Morgan fingerprint density at radius 3 is 2.43 bits per heavy atom. The third-order valence-corrected chi connectivity index (χ3v) is 3.15. The smallest absolute Gasteiger partial charge is 0.259 e. The minimum atomic E-state index is -0.222. The van der Waals surface area contributed by atoms with Gasteiger partial charge in [0.15, 0.2) is 0 Å². The molecule has 0 aliphatic heterocycles. The molecule has 0 fully saturated rings. The minimum Gasteiger partial charge on any atom is -0.496 e. The van der Waals surface area contributed by atoms with Gasteiger partial charge in [-0.2, -0.15) is 0 Å². The monoisotopic (exact) mass is 289 g/mol. The Morgan fingerprint density at radius 1 is 1.24 bits per heavy atom. The molecule has 0 bridgehead atoms. The van der Waals surface area contributed by atoms with E-state index >= 15 is 0 Å². The molecule has 5 nitrogen and oxygen atoms in total. The first kappa shape index (κ1) is 15.0. The first-order chi connectivity index (χ1) is 10.2. The Hall–Kier alpha value is -2.43. The number of carbonyl (C=O) groups is 1. The molecule has 1 unspecified atom stereocenters. The van der Waals surface area contributed by atoms with Crippen LogP contribution in [0.5, 0.6) is 11.5 Å². The standard InChI is InChI=1S/C16H19NO4/c1-11(9-12-7-8-21-10-12)17-16(18)15-13(19-2)5-4-6-14(15)20-3/h4-8,10-11H,9H2,1-3H3,(H,17,18). The maximum atomic E-state index is 12.4. The molecule has 2 aromatic rings. The summed E-state index contributed by atoms with van der Waals surface area (Å²) in [5.41, 5.74) is 1.44. The summed E-state index contributed by atoms with van der Waals surface area (Å²) in [6, 6.07) is 7.09. The number of benzene rings is 1. The number of ether oxygens (including phenoxy) is 2. The van der Waals surface area contributed by atoms with Gasteiger partial charge in [-0.15, -0.1) is 0 Å². The van der Waals surface area contributed by atoms with E-state index in [9.17, 15) is 4.79 Å². The molecule has 0 saturated carbocycles. The van der Waals surface area contributed by atoms with Crippen molar-refractivity contribution in [3.8, 4) is 11.5 Å². The maximum Gasteiger partial charge on any atom is 0.259 e. The van der Waals surface area contributed by atoms with E-state index in [0.717, 1.165) is 5.56 Å². The average molecular weight is 289 g/mol. The number of rotatable bonds is 6. The molecule has 112 valence electrons. The highest BCUT2D eigenvalue weighted by Gasteiger charge is 2.19. The molecule has 1 amide bonds. The van der Waals surface area contributed by atoms with Crippen molar-refractivity contribution < 1.29 is 18.7 Å². The molecule has 0 radical (unpaired) electrons. The quantitative estimate of drug-likeness (QED) is 0.888. The van der Waals surface area contributed by atoms with E-state index in [0.29, 0.717) is 23.5 Å². The third kappa shape index (κ3) is 3.56. The molecule has 1 aromatic carbocycles. The SMILES string of the molecule is COc1cccc(OC)c1C(=O)NC(C)Cc1ccoc1. The van der Waals surface area contributed by atoms with Crippen LogP contribution in [0.25, 0.3) is 0 Å². The second-order valence-electron chi connectivity index (χ2n) is 4.75. The molecule has 1 N–H and O–H groups in total. The normalized spacial score (nSPS) is 11.8. The lowest BCUT2D eigenvalue weighted by molar-refractivity contribution is 0.0933. The van der Waals surface area contributed by atoms with Crippen LogP contribution in [0, 0.1) is 0 Å². The van der Waals surface area contributed by atoms with Crippen LogP contribution in [0.15, 0.2) is 41.2 Å². The Balaban J connectivity index is 2.12. The lowest BCUT2D eigenvalue weighted by atomic mass is 10.1. The van der Waals surface area contributed by atoms with E-state index in [2.05, 4.69) is 5.32 Å². The number of amides is 1. The summed E-state index contributed by atoms with van der Waals surface area (Å²) in [4.78, 5) is 12.4. The van der Waals surface area contributed by atoms with Crippen LogP contribution in [0.1, 0.15) is 22.8 Å². The molecule has 21 heavy (non-hydrogen) atoms. The molecule has 0 aliphatic rings. The van der Waals surface area contributed by atoms with Crippen LogP contribution in [-0.2, 0) is 6.42 Å². The van der Waals surface area contributed by atoms with Crippen molar-refractivity contribution in [2.75, 3.05) is 14.2 Å². The highest BCUT2D eigenvalue weighted by Crippen LogP contribution is 2.28. The van der Waals surface area contributed by atoms with Gasteiger partial charge >= 0.3 is 0 Å². The molecule has 2 rings (SSSR count). The molecule has 1 atom stereocenters. The lowest BCUT2D eigenvalue weighted by Crippen LogP contribution is -2.34. The Kier molecular flexibility index (Phi) is 4.87. The molecule has 0 saturated heterocycles. The van der Waals surface area contributed by atoms with Crippen molar-refractivity contribution in [3.63, 3.8) is 0 Å². The second-order valence-corrected chi connectivity index (χ2v) is 4.75. The van der Waals surface area contributed by atoms with Gasteiger partial charge in [-0.1, -0.05) is 6.07 Å². The highest BCUT2D eigenvalue weighted by atomic mass is 16.5. The fraction of sp³-hybridized carbons (Fsp3) is 0.312. The summed E-state index contributed by atoms with van der Waals surface area (Å²) in [6.45, 7) is 1.94. The largest absolute Gasteiger partial charge is 0.496 e. The van der Waals surface area contributed by atoms with Gasteiger partial charge in [0.1, 0.15) is 17.1 Å². The topological polar surface area (TPSA) is 60.7 Å². The van der Waals surface area contributed by atoms with Crippen molar-refractivity contribution in [1.29, 1.82) is 0 Å². The summed E-state index contributed by atoms with van der Waals surface area (Å²) < 4.78 is 15.5. The van der Waals surface area contributed by atoms with Gasteiger partial charge in [-0.05, 0) is 37.1 Å². The Labute approximate surface area is 123 Å². The number of furan rings is 1. The molecule has 0 aliphatic carbocycles. The third-order valence-electron chi connectivity index (χ3n) is 3.15. The predicted molar refractivity (Wildman–Crippen MR) is 78.9 cm³/mol. The van der Waals surface area contributed by atoms with E-state index in [1.165, 1.54) is 14.2 Å². The average Bonchev–Trinajstić information content (AvgIpc) is 2.98. The zero-order chi connectivity index (χ0) is 15.2. The van der Waals surface area contributed by atoms with Crippen molar-refractivity contribution >= 4 is 5.91 Å². The molecule has 1 heterocycles. The van der Waals surface area contributed by atoms with Gasteiger partial charge in [0.2, 0.25) is 0 Å². The zero-order valence-corrected chi connectivity index (χ0v) is 12.4. The van der Waals surface area contributed by atoms with Crippen LogP contribution in [0.2, 0.25) is 0 Å². The maximum absolute atomic E-state index is 12.4. The summed E-state index contributed by atoms with van der Waals surface area (Å²) in [5.74, 6) is 0.755. The summed E-state index contributed by atoms with van der Waals surface area (Å²) in [5, 5.41) is 2.94. The number of carbonyl (C=O) groups excluding carboxylic acids is 1. The molecule has 0 spiro atoms. The Morgan fingerprint density at radius 2 is 1.90 bits per heavy atom. The van der Waals surface area contributed by atoms with Crippen LogP contribution >= 0.6 is 0 Å². The van der Waals surface area contributed by atoms with Gasteiger partial charge in [0, 0.05) is 6.04 Å². The van der Waals surface area contributed by atoms with Crippen LogP contribution in [0.4, 0.5) is 0 Å². The van der Waals surface area contributed by atoms with E-state index in [1.807, 2.05) is 13.0 Å². The van der Waals surface area contributed by atoms with Gasteiger partial charge in [0.25, 0.3) is 5.91 Å². The van der Waals surface area contributed by atoms with Crippen molar-refractivity contribution in [3.05, 3.63) is 47.9 Å². The van der Waals surface area contributed by atoms with Gasteiger partial charge in [-0.25, -0.2) is 0 Å². The number of nitrogens with one attached hydrogen (secondary N) is 1. The molecule has 1 aromatic heterocycles. The first-order valence-electron chi connectivity index (χ1n) is 6.68. The zero-order valence-electron chi connectivity index (χ0n) is 12.4. The summed E-state index contributed by atoms with van der Waals surface area (Å²) in [7, 11) is 3.06. The molecular formula is C16H19NO4. The lowest BCUT2D eigenvalue weighted by Gasteiger charge is -2.16. The highest BCUT2D eigenvalue weighted by molar-refractivity contribution is 5.99. The fourth-order valence-corrected chi connectivity index (χ4v) is 2.18. The van der Waals surface area contributed by atoms with E-state index < -0.39 is 0 Å². The van der Waals surface area contributed by atoms with Crippen molar-refractivity contribution in [2.45, 2.75) is 19.4 Å².